The largest absolute Gasteiger partial charge is 0.493 e. The molecule has 0 spiro atoms. The van der Waals surface area contributed by atoms with Crippen molar-refractivity contribution in [2.24, 2.45) is 0 Å². The SMILES string of the molecule is COc1cc([N+](=O)[O-])cc2cc(C(=O)N3CCN(c4cc(C)ccc4C)CC3)c(=O)oc12. The molecular formula is C23H23N3O6. The lowest BCUT2D eigenvalue weighted by Crippen LogP contribution is -2.49. The van der Waals surface area contributed by atoms with Crippen LogP contribution in [0.15, 0.2) is 45.6 Å². The number of rotatable bonds is 4. The number of ether oxygens (including phenoxy) is 1. The molecule has 9 heteroatoms. The van der Waals surface area contributed by atoms with E-state index in [2.05, 4.69) is 30.0 Å². The van der Waals surface area contributed by atoms with E-state index in [0.29, 0.717) is 26.2 Å². The number of anilines is 1. The van der Waals surface area contributed by atoms with E-state index in [4.69, 9.17) is 9.15 Å². The summed E-state index contributed by atoms with van der Waals surface area (Å²) < 4.78 is 10.4. The first-order chi connectivity index (χ1) is 15.3. The number of hydrogen-bond acceptors (Lipinski definition) is 7. The summed E-state index contributed by atoms with van der Waals surface area (Å²) in [6.07, 6.45) is 0. The van der Waals surface area contributed by atoms with Gasteiger partial charge in [-0.15, -0.1) is 0 Å². The Morgan fingerprint density at radius 3 is 2.47 bits per heavy atom. The highest BCUT2D eigenvalue weighted by molar-refractivity contribution is 5.98. The Balaban J connectivity index is 1.60. The van der Waals surface area contributed by atoms with E-state index < -0.39 is 16.5 Å². The van der Waals surface area contributed by atoms with Crippen LogP contribution in [-0.2, 0) is 0 Å². The average molecular weight is 437 g/mol. The van der Waals surface area contributed by atoms with Crippen molar-refractivity contribution in [3.8, 4) is 5.75 Å². The van der Waals surface area contributed by atoms with Crippen LogP contribution >= 0.6 is 0 Å². The molecule has 1 aromatic heterocycles. The molecule has 1 aliphatic heterocycles. The Labute approximate surface area is 183 Å². The third kappa shape index (κ3) is 3.89. The van der Waals surface area contributed by atoms with E-state index in [1.54, 1.807) is 4.90 Å². The molecule has 1 fully saturated rings. The molecule has 0 bridgehead atoms. The van der Waals surface area contributed by atoms with Crippen molar-refractivity contribution in [2.45, 2.75) is 13.8 Å². The van der Waals surface area contributed by atoms with Gasteiger partial charge in [0.2, 0.25) is 0 Å². The molecule has 4 rings (SSSR count). The van der Waals surface area contributed by atoms with E-state index in [1.807, 2.05) is 6.92 Å². The Morgan fingerprint density at radius 2 is 1.81 bits per heavy atom. The van der Waals surface area contributed by atoms with Crippen molar-refractivity contribution in [2.75, 3.05) is 38.2 Å². The third-order valence-electron chi connectivity index (χ3n) is 5.72. The minimum atomic E-state index is -0.799. The highest BCUT2D eigenvalue weighted by Gasteiger charge is 2.26. The fourth-order valence-electron chi connectivity index (χ4n) is 3.97. The molecular weight excluding hydrogens is 414 g/mol. The number of amides is 1. The van der Waals surface area contributed by atoms with Crippen molar-refractivity contribution in [3.05, 3.63) is 73.6 Å². The zero-order valence-electron chi connectivity index (χ0n) is 18.1. The number of piperazine rings is 1. The van der Waals surface area contributed by atoms with Crippen LogP contribution in [-0.4, -0.2) is 49.0 Å². The summed E-state index contributed by atoms with van der Waals surface area (Å²) in [5.74, 6) is -0.390. The molecule has 1 saturated heterocycles. The van der Waals surface area contributed by atoms with Gasteiger partial charge in [0.05, 0.1) is 18.1 Å². The maximum atomic E-state index is 13.1. The summed E-state index contributed by atoms with van der Waals surface area (Å²) in [7, 11) is 1.33. The Kier molecular flexibility index (Phi) is 5.56. The zero-order chi connectivity index (χ0) is 23.0. The van der Waals surface area contributed by atoms with Gasteiger partial charge in [-0.25, -0.2) is 4.79 Å². The maximum Gasteiger partial charge on any atom is 0.349 e. The maximum absolute atomic E-state index is 13.1. The molecule has 1 amide bonds. The first-order valence-electron chi connectivity index (χ1n) is 10.2. The number of nitro groups is 1. The van der Waals surface area contributed by atoms with Crippen LogP contribution in [0.25, 0.3) is 11.0 Å². The monoisotopic (exact) mass is 437 g/mol. The summed E-state index contributed by atoms with van der Waals surface area (Å²) in [5.41, 5.74) is 2.38. The van der Waals surface area contributed by atoms with Crippen LogP contribution in [0.4, 0.5) is 11.4 Å². The summed E-state index contributed by atoms with van der Waals surface area (Å²) in [4.78, 5) is 40.1. The second-order valence-corrected chi connectivity index (χ2v) is 7.84. The number of non-ortho nitro benzene ring substituents is 1. The summed E-state index contributed by atoms with van der Waals surface area (Å²) in [6.45, 7) is 6.26. The summed E-state index contributed by atoms with van der Waals surface area (Å²) in [6, 6.07) is 10.1. The topological polar surface area (TPSA) is 106 Å². The minimum absolute atomic E-state index is 0.0624. The van der Waals surface area contributed by atoms with Crippen LogP contribution < -0.4 is 15.3 Å². The molecule has 1 aliphatic rings. The number of carbonyl (C=O) groups excluding carboxylic acids is 1. The minimum Gasteiger partial charge on any atom is -0.493 e. The van der Waals surface area contributed by atoms with Crippen molar-refractivity contribution < 1.29 is 18.9 Å². The number of aryl methyl sites for hydroxylation is 2. The van der Waals surface area contributed by atoms with Gasteiger partial charge in [-0.1, -0.05) is 12.1 Å². The highest BCUT2D eigenvalue weighted by Crippen LogP contribution is 2.31. The van der Waals surface area contributed by atoms with E-state index in [-0.39, 0.29) is 28.0 Å². The predicted octanol–water partition coefficient (Wildman–Crippen LogP) is 3.29. The molecule has 32 heavy (non-hydrogen) atoms. The number of nitro benzene ring substituents is 1. The highest BCUT2D eigenvalue weighted by atomic mass is 16.6. The standard InChI is InChI=1S/C23H23N3O6/c1-14-4-5-15(2)19(10-14)24-6-8-25(9-7-24)22(27)18-12-16-11-17(26(29)30)13-20(31-3)21(16)32-23(18)28/h4-5,10-13H,6-9H2,1-3H3. The Morgan fingerprint density at radius 1 is 1.09 bits per heavy atom. The molecule has 0 atom stereocenters. The quantitative estimate of drug-likeness (QED) is 0.350. The molecule has 0 N–H and O–H groups in total. The number of carbonyl (C=O) groups is 1. The first-order valence-corrected chi connectivity index (χ1v) is 10.2. The molecule has 0 unspecified atom stereocenters. The van der Waals surface area contributed by atoms with Crippen molar-refractivity contribution in [1.29, 1.82) is 0 Å². The number of fused-ring (bicyclic) bond motifs is 1. The Bertz CT molecular complexity index is 1270. The number of benzene rings is 2. The fraction of sp³-hybridized carbons (Fsp3) is 0.304. The smallest absolute Gasteiger partial charge is 0.349 e. The van der Waals surface area contributed by atoms with Gasteiger partial charge in [-0.05, 0) is 37.1 Å². The molecule has 166 valence electrons. The molecule has 2 aromatic carbocycles. The third-order valence-corrected chi connectivity index (χ3v) is 5.72. The van der Waals surface area contributed by atoms with Crippen LogP contribution in [0, 0.1) is 24.0 Å². The fourth-order valence-corrected chi connectivity index (χ4v) is 3.97. The number of nitrogens with zero attached hydrogens (tertiary/aromatic N) is 3. The van der Waals surface area contributed by atoms with Gasteiger partial charge in [-0.2, -0.15) is 0 Å². The van der Waals surface area contributed by atoms with Crippen molar-refractivity contribution in [1.82, 2.24) is 4.90 Å². The van der Waals surface area contributed by atoms with Crippen LogP contribution in [0.5, 0.6) is 5.75 Å². The van der Waals surface area contributed by atoms with Gasteiger partial charge in [-0.3, -0.25) is 14.9 Å². The van der Waals surface area contributed by atoms with E-state index in [0.717, 1.165) is 5.69 Å². The molecule has 2 heterocycles. The normalized spacial score (nSPS) is 14.0. The molecule has 0 radical (unpaired) electrons. The number of hydrogen-bond donors (Lipinski definition) is 0. The van der Waals surface area contributed by atoms with E-state index in [9.17, 15) is 19.7 Å². The van der Waals surface area contributed by atoms with E-state index >= 15 is 0 Å². The predicted molar refractivity (Wildman–Crippen MR) is 120 cm³/mol. The average Bonchev–Trinajstić information content (AvgIpc) is 2.79. The van der Waals surface area contributed by atoms with Gasteiger partial charge in [0.15, 0.2) is 11.3 Å². The molecule has 3 aromatic rings. The number of methoxy groups -OCH3 is 1. The molecule has 0 saturated carbocycles. The van der Waals surface area contributed by atoms with E-state index in [1.165, 1.54) is 36.4 Å². The van der Waals surface area contributed by atoms with Gasteiger partial charge >= 0.3 is 5.63 Å². The van der Waals surface area contributed by atoms with Gasteiger partial charge < -0.3 is 19.0 Å². The van der Waals surface area contributed by atoms with Gasteiger partial charge in [0.1, 0.15) is 5.56 Å². The Hall–Kier alpha value is -3.88. The van der Waals surface area contributed by atoms with Gasteiger partial charge in [0.25, 0.3) is 11.6 Å². The first kappa shape index (κ1) is 21.4. The van der Waals surface area contributed by atoms with Crippen LogP contribution in [0.2, 0.25) is 0 Å². The second-order valence-electron chi connectivity index (χ2n) is 7.84. The van der Waals surface area contributed by atoms with Crippen molar-refractivity contribution >= 4 is 28.3 Å². The molecule has 9 nitrogen and oxygen atoms in total. The summed E-state index contributed by atoms with van der Waals surface area (Å²) in [5, 5.41) is 11.5. The lowest BCUT2D eigenvalue weighted by atomic mass is 10.1. The summed E-state index contributed by atoms with van der Waals surface area (Å²) >= 11 is 0. The van der Waals surface area contributed by atoms with Crippen molar-refractivity contribution in [3.63, 3.8) is 0 Å². The van der Waals surface area contributed by atoms with Gasteiger partial charge in [0, 0.05) is 43.3 Å². The molecule has 0 aliphatic carbocycles. The van der Waals surface area contributed by atoms with Crippen LogP contribution in [0.1, 0.15) is 21.5 Å². The lowest BCUT2D eigenvalue weighted by Gasteiger charge is -2.36. The lowest BCUT2D eigenvalue weighted by molar-refractivity contribution is -0.384. The van der Waals surface area contributed by atoms with Crippen LogP contribution in [0.3, 0.4) is 0 Å². The second kappa shape index (κ2) is 8.33. The zero-order valence-corrected chi connectivity index (χ0v) is 18.1.